The highest BCUT2D eigenvalue weighted by Gasteiger charge is 2.21. The van der Waals surface area contributed by atoms with E-state index in [1.54, 1.807) is 0 Å². The number of ether oxygens (including phenoxy) is 1. The largest absolute Gasteiger partial charge is 0.464 e. The van der Waals surface area contributed by atoms with Crippen molar-refractivity contribution in [1.29, 1.82) is 0 Å². The van der Waals surface area contributed by atoms with E-state index in [4.69, 9.17) is 4.74 Å². The average molecular weight is 398 g/mol. The number of carbonyl (C=O) groups excluding carboxylic acids is 2. The van der Waals surface area contributed by atoms with Gasteiger partial charge in [-0.1, -0.05) is 104 Å². The lowest BCUT2D eigenvalue weighted by Gasteiger charge is -2.18. The van der Waals surface area contributed by atoms with Crippen molar-refractivity contribution in [2.75, 3.05) is 6.61 Å². The molecule has 1 N–H and O–H groups in total. The van der Waals surface area contributed by atoms with E-state index in [-0.39, 0.29) is 11.9 Å². The predicted octanol–water partition coefficient (Wildman–Crippen LogP) is 6.56. The molecule has 0 heterocycles. The van der Waals surface area contributed by atoms with Gasteiger partial charge >= 0.3 is 5.97 Å². The molecular formula is C24H47NO3. The maximum Gasteiger partial charge on any atom is 0.328 e. The minimum Gasteiger partial charge on any atom is -0.464 e. The van der Waals surface area contributed by atoms with Gasteiger partial charge in [0.2, 0.25) is 5.91 Å². The van der Waals surface area contributed by atoms with Gasteiger partial charge in [0.05, 0.1) is 6.61 Å². The van der Waals surface area contributed by atoms with Crippen molar-refractivity contribution in [1.82, 2.24) is 5.32 Å². The molecule has 1 unspecified atom stereocenters. The molecule has 0 aliphatic carbocycles. The van der Waals surface area contributed by atoms with Gasteiger partial charge in [0.15, 0.2) is 0 Å². The van der Waals surface area contributed by atoms with Crippen LogP contribution in [0.15, 0.2) is 0 Å². The Labute approximate surface area is 174 Å². The van der Waals surface area contributed by atoms with Crippen LogP contribution in [-0.2, 0) is 14.3 Å². The Morgan fingerprint density at radius 2 is 1.18 bits per heavy atom. The fraction of sp³-hybridized carbons (Fsp3) is 0.917. The van der Waals surface area contributed by atoms with Gasteiger partial charge in [-0.3, -0.25) is 4.79 Å². The molecule has 1 amide bonds. The highest BCUT2D eigenvalue weighted by Crippen LogP contribution is 2.13. The van der Waals surface area contributed by atoms with E-state index in [0.29, 0.717) is 18.9 Å². The third kappa shape index (κ3) is 18.3. The third-order valence-corrected chi connectivity index (χ3v) is 5.11. The van der Waals surface area contributed by atoms with E-state index in [0.717, 1.165) is 12.8 Å². The number of nitrogens with one attached hydrogen (secondary N) is 1. The zero-order valence-electron chi connectivity index (χ0n) is 19.2. The Balaban J connectivity index is 3.48. The van der Waals surface area contributed by atoms with Crippen LogP contribution >= 0.6 is 0 Å². The summed E-state index contributed by atoms with van der Waals surface area (Å²) in [5.74, 6) is -0.136. The first-order valence-electron chi connectivity index (χ1n) is 11.9. The van der Waals surface area contributed by atoms with Crippen LogP contribution in [0, 0.1) is 5.92 Å². The Morgan fingerprint density at radius 1 is 0.750 bits per heavy atom. The quantitative estimate of drug-likeness (QED) is 0.198. The van der Waals surface area contributed by atoms with E-state index in [2.05, 4.69) is 12.2 Å². The first kappa shape index (κ1) is 26.9. The zero-order chi connectivity index (χ0) is 21.0. The Hall–Kier alpha value is -1.06. The first-order valence-corrected chi connectivity index (χ1v) is 11.9. The topological polar surface area (TPSA) is 55.4 Å². The second kappa shape index (κ2) is 19.3. The second-order valence-electron chi connectivity index (χ2n) is 8.65. The zero-order valence-corrected chi connectivity index (χ0v) is 19.2. The number of hydrogen-bond acceptors (Lipinski definition) is 3. The summed E-state index contributed by atoms with van der Waals surface area (Å²) in [5, 5.41) is 2.70. The molecular weight excluding hydrogens is 350 g/mol. The Kier molecular flexibility index (Phi) is 18.5. The molecule has 0 bridgehead atoms. The van der Waals surface area contributed by atoms with E-state index in [1.165, 1.54) is 84.0 Å². The lowest BCUT2D eigenvalue weighted by Crippen LogP contribution is -2.41. The monoisotopic (exact) mass is 397 g/mol. The van der Waals surface area contributed by atoms with Crippen LogP contribution in [0.1, 0.15) is 124 Å². The highest BCUT2D eigenvalue weighted by atomic mass is 16.5. The van der Waals surface area contributed by atoms with Crippen LogP contribution in [0.3, 0.4) is 0 Å². The van der Waals surface area contributed by atoms with Crippen molar-refractivity contribution in [3.63, 3.8) is 0 Å². The maximum atomic E-state index is 12.1. The number of unbranched alkanes of at least 4 members (excludes halogenated alkanes) is 13. The lowest BCUT2D eigenvalue weighted by molar-refractivity contribution is -0.148. The van der Waals surface area contributed by atoms with Gasteiger partial charge in [-0.2, -0.15) is 0 Å². The molecule has 0 aromatic carbocycles. The van der Waals surface area contributed by atoms with Crippen LogP contribution in [-0.4, -0.2) is 24.5 Å². The molecule has 0 radical (unpaired) electrons. The van der Waals surface area contributed by atoms with Gasteiger partial charge in [-0.05, 0) is 18.8 Å². The second-order valence-corrected chi connectivity index (χ2v) is 8.65. The van der Waals surface area contributed by atoms with Gasteiger partial charge in [0, 0.05) is 6.92 Å². The van der Waals surface area contributed by atoms with Gasteiger partial charge in [0.1, 0.15) is 6.04 Å². The molecule has 0 fully saturated rings. The smallest absolute Gasteiger partial charge is 0.328 e. The number of amides is 1. The molecule has 4 heteroatoms. The molecule has 0 saturated carbocycles. The first-order chi connectivity index (χ1) is 13.5. The predicted molar refractivity (Wildman–Crippen MR) is 118 cm³/mol. The molecule has 0 saturated heterocycles. The van der Waals surface area contributed by atoms with Crippen molar-refractivity contribution in [2.24, 2.45) is 5.92 Å². The van der Waals surface area contributed by atoms with Gasteiger partial charge < -0.3 is 10.1 Å². The normalized spacial score (nSPS) is 12.2. The van der Waals surface area contributed by atoms with E-state index in [1.807, 2.05) is 13.8 Å². The van der Waals surface area contributed by atoms with Crippen molar-refractivity contribution < 1.29 is 14.3 Å². The van der Waals surface area contributed by atoms with Gasteiger partial charge in [-0.15, -0.1) is 0 Å². The summed E-state index contributed by atoms with van der Waals surface area (Å²) in [4.78, 5) is 23.3. The summed E-state index contributed by atoms with van der Waals surface area (Å²) < 4.78 is 5.36. The standard InChI is InChI=1S/C24H47NO3/c1-5-6-7-8-9-10-11-12-13-14-15-16-17-18-19-28-24(27)23(20-21(2)3)25-22(4)26/h21,23H,5-20H2,1-4H3,(H,25,26). The van der Waals surface area contributed by atoms with Gasteiger partial charge in [-0.25, -0.2) is 4.79 Å². The minimum atomic E-state index is -0.510. The van der Waals surface area contributed by atoms with E-state index < -0.39 is 6.04 Å². The van der Waals surface area contributed by atoms with Crippen molar-refractivity contribution in [3.05, 3.63) is 0 Å². The molecule has 0 rings (SSSR count). The van der Waals surface area contributed by atoms with Crippen LogP contribution in [0.2, 0.25) is 0 Å². The fourth-order valence-electron chi connectivity index (χ4n) is 3.50. The van der Waals surface area contributed by atoms with E-state index >= 15 is 0 Å². The SMILES string of the molecule is CCCCCCCCCCCCCCCCOC(=O)C(CC(C)C)NC(C)=O. The van der Waals surface area contributed by atoms with Crippen LogP contribution < -0.4 is 5.32 Å². The van der Waals surface area contributed by atoms with Crippen LogP contribution in [0.25, 0.3) is 0 Å². The van der Waals surface area contributed by atoms with Crippen LogP contribution in [0.5, 0.6) is 0 Å². The molecule has 28 heavy (non-hydrogen) atoms. The molecule has 0 aliphatic heterocycles. The van der Waals surface area contributed by atoms with Crippen LogP contribution in [0.4, 0.5) is 0 Å². The summed E-state index contributed by atoms with van der Waals surface area (Å²) in [6.45, 7) is 8.24. The molecule has 0 aromatic rings. The van der Waals surface area contributed by atoms with Gasteiger partial charge in [0.25, 0.3) is 0 Å². The number of rotatable bonds is 19. The Morgan fingerprint density at radius 3 is 1.57 bits per heavy atom. The summed E-state index contributed by atoms with van der Waals surface area (Å²) in [6, 6.07) is -0.510. The average Bonchev–Trinajstić information content (AvgIpc) is 2.63. The molecule has 0 spiro atoms. The molecule has 4 nitrogen and oxygen atoms in total. The molecule has 166 valence electrons. The molecule has 0 aromatic heterocycles. The van der Waals surface area contributed by atoms with Crippen molar-refractivity contribution in [2.45, 2.75) is 130 Å². The summed E-state index contributed by atoms with van der Waals surface area (Å²) in [7, 11) is 0. The maximum absolute atomic E-state index is 12.1. The van der Waals surface area contributed by atoms with E-state index in [9.17, 15) is 9.59 Å². The summed E-state index contributed by atoms with van der Waals surface area (Å²) >= 11 is 0. The molecule has 0 aliphatic rings. The number of carbonyl (C=O) groups is 2. The minimum absolute atomic E-state index is 0.181. The third-order valence-electron chi connectivity index (χ3n) is 5.11. The lowest BCUT2D eigenvalue weighted by atomic mass is 10.0. The molecule has 1 atom stereocenters. The fourth-order valence-corrected chi connectivity index (χ4v) is 3.50. The summed E-state index contributed by atoms with van der Waals surface area (Å²) in [5.41, 5.74) is 0. The Bertz CT molecular complexity index is 382. The van der Waals surface area contributed by atoms with Crippen molar-refractivity contribution >= 4 is 11.9 Å². The highest BCUT2D eigenvalue weighted by molar-refractivity contribution is 5.83. The van der Waals surface area contributed by atoms with Crippen molar-refractivity contribution in [3.8, 4) is 0 Å². The summed E-state index contributed by atoms with van der Waals surface area (Å²) in [6.07, 6.45) is 19.0. The number of hydrogen-bond donors (Lipinski definition) is 1. The number of esters is 1.